The van der Waals surface area contributed by atoms with Crippen molar-refractivity contribution in [3.05, 3.63) is 64.1 Å². The molecule has 24 heavy (non-hydrogen) atoms. The van der Waals surface area contributed by atoms with Gasteiger partial charge in [0.05, 0.1) is 22.8 Å². The van der Waals surface area contributed by atoms with Gasteiger partial charge < -0.3 is 14.7 Å². The van der Waals surface area contributed by atoms with Crippen LogP contribution in [0.5, 0.6) is 5.75 Å². The normalized spacial score (nSPS) is 11.0. The van der Waals surface area contributed by atoms with Crippen molar-refractivity contribution in [3.8, 4) is 5.75 Å². The fourth-order valence-corrected chi connectivity index (χ4v) is 3.29. The van der Waals surface area contributed by atoms with Crippen LogP contribution in [-0.2, 0) is 0 Å². The van der Waals surface area contributed by atoms with E-state index < -0.39 is 5.82 Å². The summed E-state index contributed by atoms with van der Waals surface area (Å²) in [6, 6.07) is 11.5. The number of rotatable bonds is 4. The minimum Gasteiger partial charge on any atom is -0.805 e. The third-order valence-corrected chi connectivity index (χ3v) is 4.69. The summed E-state index contributed by atoms with van der Waals surface area (Å²) in [7, 11) is 0. The van der Waals surface area contributed by atoms with Crippen LogP contribution in [0.15, 0.2) is 52.4 Å². The predicted molar refractivity (Wildman–Crippen MR) is 90.5 cm³/mol. The quantitative estimate of drug-likeness (QED) is 0.672. The summed E-state index contributed by atoms with van der Waals surface area (Å²) in [5.74, 6) is -0.717. The summed E-state index contributed by atoms with van der Waals surface area (Å²) < 4.78 is 20.5. The minimum atomic E-state index is -0.673. The predicted octanol–water partition coefficient (Wildman–Crippen LogP) is 3.90. The molecule has 3 rings (SSSR count). The molecule has 0 aliphatic rings. The average molecular weight is 346 g/mol. The molecule has 5 nitrogen and oxygen atoms in total. The number of fused-ring (bicyclic) bond motifs is 1. The van der Waals surface area contributed by atoms with E-state index >= 15 is 0 Å². The zero-order valence-corrected chi connectivity index (χ0v) is 14.0. The molecule has 0 fully saturated rings. The maximum Gasteiger partial charge on any atom is 0.320 e. The lowest BCUT2D eigenvalue weighted by molar-refractivity contribution is -0.510. The Labute approximate surface area is 141 Å². The van der Waals surface area contributed by atoms with Crippen molar-refractivity contribution < 1.29 is 13.6 Å². The van der Waals surface area contributed by atoms with Gasteiger partial charge in [0.1, 0.15) is 5.52 Å². The third-order valence-electron chi connectivity index (χ3n) is 3.52. The molecule has 0 atom stereocenters. The summed E-state index contributed by atoms with van der Waals surface area (Å²) in [6.07, 6.45) is 0. The van der Waals surface area contributed by atoms with Crippen molar-refractivity contribution in [2.24, 2.45) is 0 Å². The molecule has 3 aromatic rings. The van der Waals surface area contributed by atoms with Crippen molar-refractivity contribution in [1.29, 1.82) is 0 Å². The van der Waals surface area contributed by atoms with Gasteiger partial charge in [0.25, 0.3) is 5.52 Å². The topological polar surface area (TPSA) is 60.2 Å². The maximum atomic E-state index is 14.1. The zero-order chi connectivity index (χ0) is 17.3. The highest BCUT2D eigenvalue weighted by Crippen LogP contribution is 2.30. The van der Waals surface area contributed by atoms with Gasteiger partial charge in [0.15, 0.2) is 11.6 Å². The minimum absolute atomic E-state index is 0.0324. The number of hydrogen-bond acceptors (Lipinski definition) is 4. The smallest absolute Gasteiger partial charge is 0.320 e. The Kier molecular flexibility index (Phi) is 4.44. The van der Waals surface area contributed by atoms with Crippen LogP contribution in [0, 0.1) is 22.9 Å². The molecule has 0 bridgehead atoms. The number of hydrogen-bond donors (Lipinski definition) is 0. The molecule has 0 aliphatic heterocycles. The molecule has 2 aromatic carbocycles. The Morgan fingerprint density at radius 3 is 2.67 bits per heavy atom. The van der Waals surface area contributed by atoms with Crippen LogP contribution < -0.4 is 9.16 Å². The van der Waals surface area contributed by atoms with E-state index in [1.165, 1.54) is 17.8 Å². The second-order valence-electron chi connectivity index (χ2n) is 5.10. The van der Waals surface area contributed by atoms with E-state index in [4.69, 9.17) is 4.74 Å². The first-order chi connectivity index (χ1) is 11.5. The van der Waals surface area contributed by atoms with Crippen molar-refractivity contribution in [3.63, 3.8) is 0 Å². The summed E-state index contributed by atoms with van der Waals surface area (Å²) >= 11 is 1.17. The lowest BCUT2D eigenvalue weighted by Gasteiger charge is -2.17. The zero-order valence-electron chi connectivity index (χ0n) is 13.2. The highest BCUT2D eigenvalue weighted by atomic mass is 32.2. The molecule has 0 aliphatic carbocycles. The number of halogens is 1. The van der Waals surface area contributed by atoms with Crippen LogP contribution in [0.2, 0.25) is 0 Å². The summed E-state index contributed by atoms with van der Waals surface area (Å²) in [5.41, 5.74) is 0.292. The van der Waals surface area contributed by atoms with Crippen LogP contribution in [0.4, 0.5) is 4.39 Å². The Morgan fingerprint density at radius 1 is 1.29 bits per heavy atom. The second-order valence-corrected chi connectivity index (χ2v) is 6.16. The van der Waals surface area contributed by atoms with E-state index in [1.54, 1.807) is 13.8 Å². The Bertz CT molecular complexity index is 958. The second kappa shape index (κ2) is 6.52. The van der Waals surface area contributed by atoms with Gasteiger partial charge >= 0.3 is 5.03 Å². The van der Waals surface area contributed by atoms with Crippen LogP contribution >= 0.6 is 11.8 Å². The van der Waals surface area contributed by atoms with Crippen molar-refractivity contribution in [2.75, 3.05) is 6.61 Å². The van der Waals surface area contributed by atoms with Crippen LogP contribution in [0.1, 0.15) is 12.6 Å². The number of nitrogens with zero attached hydrogens (tertiary/aromatic N) is 2. The monoisotopic (exact) mass is 346 g/mol. The van der Waals surface area contributed by atoms with Crippen molar-refractivity contribution in [1.82, 2.24) is 4.73 Å². The first kappa shape index (κ1) is 16.3. The summed E-state index contributed by atoms with van der Waals surface area (Å²) in [5, 5.41) is 12.7. The van der Waals surface area contributed by atoms with Gasteiger partial charge in [-0.15, -0.1) is 0 Å². The van der Waals surface area contributed by atoms with Gasteiger partial charge in [-0.1, -0.05) is 18.2 Å². The molecule has 0 saturated carbocycles. The Balaban J connectivity index is 2.22. The molecular weight excluding hydrogens is 331 g/mol. The summed E-state index contributed by atoms with van der Waals surface area (Å²) in [4.78, 5) is 13.5. The van der Waals surface area contributed by atoms with Gasteiger partial charge in [-0.25, -0.2) is 4.39 Å². The highest BCUT2D eigenvalue weighted by molar-refractivity contribution is 7.99. The first-order valence-electron chi connectivity index (χ1n) is 7.37. The third kappa shape index (κ3) is 2.82. The molecule has 0 N–H and O–H groups in total. The number of aromatic nitrogens is 2. The van der Waals surface area contributed by atoms with Gasteiger partial charge in [-0.05, 0) is 37.7 Å². The SMILES string of the molecule is CCOc1cc2c(cc1F)[n+](=O)c(Sc1ccccc1)c(C)n2[O-]. The lowest BCUT2D eigenvalue weighted by Crippen LogP contribution is -2.24. The molecular formula is C17H15FN2O3S. The van der Waals surface area contributed by atoms with Crippen LogP contribution in [0.25, 0.3) is 11.0 Å². The molecule has 1 heterocycles. The van der Waals surface area contributed by atoms with Gasteiger partial charge in [-0.2, -0.15) is 0 Å². The van der Waals surface area contributed by atoms with Crippen molar-refractivity contribution in [2.45, 2.75) is 23.8 Å². The molecule has 0 radical (unpaired) electrons. The molecule has 1 aromatic heterocycles. The van der Waals surface area contributed by atoms with E-state index in [0.717, 1.165) is 11.0 Å². The first-order valence-corrected chi connectivity index (χ1v) is 8.19. The van der Waals surface area contributed by atoms with E-state index in [9.17, 15) is 14.5 Å². The molecule has 7 heteroatoms. The van der Waals surface area contributed by atoms with Crippen LogP contribution in [0.3, 0.4) is 0 Å². The van der Waals surface area contributed by atoms with Gasteiger partial charge in [0.2, 0.25) is 0 Å². The summed E-state index contributed by atoms with van der Waals surface area (Å²) in [6.45, 7) is 3.54. The maximum absolute atomic E-state index is 14.1. The average Bonchev–Trinajstić information content (AvgIpc) is 2.59. The molecule has 0 amide bonds. The highest BCUT2D eigenvalue weighted by Gasteiger charge is 2.23. The van der Waals surface area contributed by atoms with E-state index in [0.29, 0.717) is 9.16 Å². The molecule has 0 unspecified atom stereocenters. The number of benzene rings is 2. The van der Waals surface area contributed by atoms with E-state index in [-0.39, 0.29) is 34.1 Å². The lowest BCUT2D eigenvalue weighted by atomic mass is 10.2. The Morgan fingerprint density at radius 2 is 2.00 bits per heavy atom. The van der Waals surface area contributed by atoms with Gasteiger partial charge in [0, 0.05) is 15.9 Å². The van der Waals surface area contributed by atoms with E-state index in [1.807, 2.05) is 30.3 Å². The molecule has 0 spiro atoms. The van der Waals surface area contributed by atoms with Gasteiger partial charge in [-0.3, -0.25) is 0 Å². The Hall–Kier alpha value is -2.54. The molecule has 0 saturated heterocycles. The van der Waals surface area contributed by atoms with E-state index in [2.05, 4.69) is 0 Å². The standard InChI is InChI=1S/C17H15FN2O3S/c1-3-23-16-10-15-14(9-13(16)18)20(22)17(11(2)19(15)21)24-12-7-5-4-6-8-12/h4-10H,3H2,1-2H3. The fraction of sp³-hybridized carbons (Fsp3) is 0.176. The number of ether oxygens (including phenoxy) is 1. The van der Waals surface area contributed by atoms with Crippen LogP contribution in [-0.4, -0.2) is 11.3 Å². The molecule has 124 valence electrons. The fourth-order valence-electron chi connectivity index (χ4n) is 2.36. The largest absolute Gasteiger partial charge is 0.805 e. The van der Waals surface area contributed by atoms with Crippen molar-refractivity contribution >= 4 is 22.8 Å².